The van der Waals surface area contributed by atoms with Crippen LogP contribution in [-0.4, -0.2) is 11.9 Å². The first kappa shape index (κ1) is 22.4. The summed E-state index contributed by atoms with van der Waals surface area (Å²) in [7, 11) is -4.17. The second-order valence-corrected chi connectivity index (χ2v) is 12.2. The molecule has 0 saturated carbocycles. The van der Waals surface area contributed by atoms with E-state index >= 15 is 0 Å². The Hall–Kier alpha value is 2.42. The zero-order valence-corrected chi connectivity index (χ0v) is 18.9. The number of phosphoric acid groups is 1. The summed E-state index contributed by atoms with van der Waals surface area (Å²) in [6, 6.07) is 0. The molecule has 20 heavy (non-hydrogen) atoms. The van der Waals surface area contributed by atoms with Gasteiger partial charge in [-0.1, -0.05) is 55.6 Å². The minimum absolute atomic E-state index is 0.290. The topological polar surface area (TPSA) is 44.8 Å². The van der Waals surface area contributed by atoms with E-state index < -0.39 is 19.7 Å². The van der Waals surface area contributed by atoms with Crippen LogP contribution in [0.2, 0.25) is 0 Å². The molecule has 0 spiro atoms. The monoisotopic (exact) mass is 560 g/mol. The molecule has 0 aromatic carbocycles. The van der Waals surface area contributed by atoms with E-state index in [2.05, 4.69) is 47.8 Å². The van der Waals surface area contributed by atoms with E-state index in [0.717, 1.165) is 0 Å². The van der Waals surface area contributed by atoms with Gasteiger partial charge in [-0.05, 0) is 67.1 Å². The predicted molar refractivity (Wildman–Crippen MR) is 94.3 cm³/mol. The summed E-state index contributed by atoms with van der Waals surface area (Å²) in [5.41, 5.74) is 0. The van der Waals surface area contributed by atoms with Crippen LogP contribution in [0.25, 0.3) is 0 Å². The van der Waals surface area contributed by atoms with E-state index in [1.807, 2.05) is 0 Å². The Labute approximate surface area is 159 Å². The average molecular weight is 564 g/mol. The second kappa shape index (κ2) is 8.50. The zero-order chi connectivity index (χ0) is 16.2. The molecule has 0 N–H and O–H groups in total. The first-order valence-corrected chi connectivity index (χ1v) is 10.6. The molecule has 0 aliphatic heterocycles. The summed E-state index contributed by atoms with van der Waals surface area (Å²) in [6.45, 7) is 5.15. The Balaban J connectivity index is 5.29. The Bertz CT molecular complexity index is 316. The van der Waals surface area contributed by atoms with Crippen molar-refractivity contribution < 1.29 is 18.1 Å². The molecule has 0 aromatic heterocycles. The van der Waals surface area contributed by atoms with E-state index in [9.17, 15) is 4.57 Å². The van der Waals surface area contributed by atoms with Crippen molar-refractivity contribution in [3.63, 3.8) is 0 Å². The van der Waals surface area contributed by atoms with Gasteiger partial charge in [-0.25, -0.2) is 4.57 Å². The lowest BCUT2D eigenvalue weighted by Gasteiger charge is -2.32. The van der Waals surface area contributed by atoms with Crippen molar-refractivity contribution in [2.24, 2.45) is 0 Å². The van der Waals surface area contributed by atoms with Gasteiger partial charge in [0.05, 0.1) is 0 Å². The van der Waals surface area contributed by atoms with Gasteiger partial charge in [0.2, 0.25) is 11.9 Å². The maximum atomic E-state index is 12.7. The highest BCUT2D eigenvalue weighted by atomic mass is 79.9. The molecule has 0 aliphatic carbocycles. The molecule has 0 radical (unpaired) electrons. The molecule has 0 amide bonds. The van der Waals surface area contributed by atoms with Crippen LogP contribution in [0.3, 0.4) is 0 Å². The first-order chi connectivity index (χ1) is 8.80. The van der Waals surface area contributed by atoms with Crippen molar-refractivity contribution in [1.29, 1.82) is 0 Å². The van der Waals surface area contributed by atoms with E-state index in [-0.39, 0.29) is 0 Å². The number of hydrogen-bond acceptors (Lipinski definition) is 4. The van der Waals surface area contributed by atoms with Crippen LogP contribution in [-0.2, 0) is 18.1 Å². The highest BCUT2D eigenvalue weighted by Crippen LogP contribution is 2.63. The molecular weight excluding hydrogens is 549 g/mol. The maximum absolute atomic E-state index is 12.7. The van der Waals surface area contributed by atoms with Crippen LogP contribution in [0.4, 0.5) is 0 Å². The normalized spacial score (nSPS) is 24.2. The van der Waals surface area contributed by atoms with Crippen LogP contribution in [0, 0.1) is 0 Å². The lowest BCUT2D eigenvalue weighted by Crippen LogP contribution is -2.25. The van der Waals surface area contributed by atoms with Crippen LogP contribution in [0.5, 0.6) is 0 Å². The standard InChI is InChI=1S/C9H15Br3Cl3O4P/c1-4-7(10,13)17-20(16,18-8(11,14)5-2)19-9(12,15)6-3/h4-6H2,1-3H3. The molecule has 11 heteroatoms. The summed E-state index contributed by atoms with van der Waals surface area (Å²) in [5.74, 6) is 0. The van der Waals surface area contributed by atoms with Gasteiger partial charge in [0.15, 0.2) is 0 Å². The summed E-state index contributed by atoms with van der Waals surface area (Å²) in [5, 5.41) is 0. The fourth-order valence-corrected chi connectivity index (χ4v) is 4.58. The summed E-state index contributed by atoms with van der Waals surface area (Å²) in [6.07, 6.45) is 0.871. The Kier molecular flexibility index (Phi) is 9.53. The van der Waals surface area contributed by atoms with Gasteiger partial charge >= 0.3 is 7.82 Å². The average Bonchev–Trinajstić information content (AvgIpc) is 2.26. The molecule has 0 aliphatic rings. The van der Waals surface area contributed by atoms with Gasteiger partial charge in [-0.2, -0.15) is 0 Å². The molecule has 4 nitrogen and oxygen atoms in total. The van der Waals surface area contributed by atoms with Gasteiger partial charge in [-0.15, -0.1) is 0 Å². The highest BCUT2D eigenvalue weighted by molar-refractivity contribution is 9.10. The minimum atomic E-state index is -4.17. The molecule has 0 aromatic rings. The van der Waals surface area contributed by atoms with Crippen LogP contribution in [0.1, 0.15) is 40.0 Å². The molecule has 3 unspecified atom stereocenters. The predicted octanol–water partition coefficient (Wildman–Crippen LogP) is 7.24. The number of rotatable bonds is 9. The van der Waals surface area contributed by atoms with E-state index in [1.165, 1.54) is 0 Å². The molecule has 0 heterocycles. The highest BCUT2D eigenvalue weighted by Gasteiger charge is 2.47. The van der Waals surface area contributed by atoms with E-state index in [1.54, 1.807) is 20.8 Å². The van der Waals surface area contributed by atoms with Crippen LogP contribution in [0.15, 0.2) is 0 Å². The third-order valence-corrected chi connectivity index (χ3v) is 7.85. The number of halogens is 6. The fraction of sp³-hybridized carbons (Fsp3) is 1.00. The van der Waals surface area contributed by atoms with Crippen molar-refractivity contribution in [1.82, 2.24) is 0 Å². The van der Waals surface area contributed by atoms with Crippen molar-refractivity contribution in [2.45, 2.75) is 51.9 Å². The number of hydrogen-bond donors (Lipinski definition) is 0. The number of phosphoric ester groups is 1. The molecule has 0 rings (SSSR count). The van der Waals surface area contributed by atoms with E-state index in [4.69, 9.17) is 48.4 Å². The number of alkyl halides is 6. The third-order valence-electron chi connectivity index (χ3n) is 1.97. The molecule has 122 valence electrons. The van der Waals surface area contributed by atoms with Crippen molar-refractivity contribution in [2.75, 3.05) is 0 Å². The smallest absolute Gasteiger partial charge is 0.253 e. The summed E-state index contributed by atoms with van der Waals surface area (Å²) >= 11 is 27.2. The van der Waals surface area contributed by atoms with Gasteiger partial charge < -0.3 is 0 Å². The molecule has 3 atom stereocenters. The van der Waals surface area contributed by atoms with Gasteiger partial charge in [0, 0.05) is 0 Å². The quantitative estimate of drug-likeness (QED) is 0.219. The molecule has 0 bridgehead atoms. The second-order valence-electron chi connectivity index (χ2n) is 3.69. The van der Waals surface area contributed by atoms with Crippen molar-refractivity contribution in [3.8, 4) is 0 Å². The van der Waals surface area contributed by atoms with E-state index in [0.29, 0.717) is 19.3 Å². The van der Waals surface area contributed by atoms with Gasteiger partial charge in [0.25, 0.3) is 0 Å². The fourth-order valence-electron chi connectivity index (χ4n) is 0.740. The van der Waals surface area contributed by atoms with Crippen LogP contribution < -0.4 is 0 Å². The Morgan fingerprint density at radius 1 is 0.800 bits per heavy atom. The summed E-state index contributed by atoms with van der Waals surface area (Å²) < 4.78 is 24.1. The first-order valence-electron chi connectivity index (χ1n) is 5.66. The zero-order valence-electron chi connectivity index (χ0n) is 11.0. The summed E-state index contributed by atoms with van der Waals surface area (Å²) in [4.78, 5) is 0. The van der Waals surface area contributed by atoms with Gasteiger partial charge in [0.1, 0.15) is 0 Å². The lowest BCUT2D eigenvalue weighted by molar-refractivity contribution is 0.0633. The molecular formula is C9H15Br3Cl3O4P. The van der Waals surface area contributed by atoms with Crippen molar-refractivity contribution in [3.05, 3.63) is 0 Å². The third kappa shape index (κ3) is 8.90. The SMILES string of the molecule is CCC(Cl)(Br)OP(=O)(OC(Cl)(Br)CC)OC(Cl)(Br)CC. The largest absolute Gasteiger partial charge is 0.481 e. The maximum Gasteiger partial charge on any atom is 0.481 e. The Morgan fingerprint density at radius 2 is 1.00 bits per heavy atom. The van der Waals surface area contributed by atoms with Gasteiger partial charge in [-0.3, -0.25) is 13.6 Å². The minimum Gasteiger partial charge on any atom is -0.253 e. The van der Waals surface area contributed by atoms with Crippen molar-refractivity contribution >= 4 is 90.4 Å². The Morgan fingerprint density at radius 3 is 1.15 bits per heavy atom. The molecule has 0 fully saturated rings. The lowest BCUT2D eigenvalue weighted by atomic mass is 10.5. The molecule has 0 saturated heterocycles. The van der Waals surface area contributed by atoms with Crippen LogP contribution >= 0.6 is 90.4 Å².